The number of carbonyl (C=O) groups excluding carboxylic acids is 1. The van der Waals surface area contributed by atoms with Gasteiger partial charge in [-0.3, -0.25) is 9.88 Å². The molecule has 1 aromatic heterocycles. The molecule has 0 radical (unpaired) electrons. The number of rotatable bonds is 5. The molecule has 3 rings (SSSR count). The molecule has 29 heavy (non-hydrogen) atoms. The van der Waals surface area contributed by atoms with Gasteiger partial charge in [0.15, 0.2) is 0 Å². The quantitative estimate of drug-likeness (QED) is 0.632. The maximum Gasteiger partial charge on any atom is 0.324 e. The summed E-state index contributed by atoms with van der Waals surface area (Å²) in [6, 6.07) is 15.9. The zero-order chi connectivity index (χ0) is 21.0. The fraction of sp³-hybridized carbons (Fsp3) is 0.217. The van der Waals surface area contributed by atoms with Crippen molar-refractivity contribution in [2.45, 2.75) is 26.2 Å². The Morgan fingerprint density at radius 2 is 1.59 bits per heavy atom. The summed E-state index contributed by atoms with van der Waals surface area (Å²) in [5.74, 6) is 1.88. The highest BCUT2D eigenvalue weighted by molar-refractivity contribution is 6.00. The highest BCUT2D eigenvalue weighted by Gasteiger charge is 2.23. The summed E-state index contributed by atoms with van der Waals surface area (Å²) in [6.07, 6.45) is 3.32. The molecule has 0 aliphatic rings. The molecule has 0 spiro atoms. The van der Waals surface area contributed by atoms with Crippen LogP contribution >= 0.6 is 0 Å². The average molecular weight is 391 g/mol. The Hall–Kier alpha value is -3.54. The fourth-order valence-electron chi connectivity index (χ4n) is 2.92. The maximum absolute atomic E-state index is 12.4. The highest BCUT2D eigenvalue weighted by Crippen LogP contribution is 2.38. The lowest BCUT2D eigenvalue weighted by molar-refractivity contribution is 0.256. The summed E-state index contributed by atoms with van der Waals surface area (Å²) in [5.41, 5.74) is 7.92. The van der Waals surface area contributed by atoms with E-state index < -0.39 is 6.03 Å². The first kappa shape index (κ1) is 20.2. The lowest BCUT2D eigenvalue weighted by Gasteiger charge is -2.26. The number of amides is 2. The van der Waals surface area contributed by atoms with Gasteiger partial charge in [-0.05, 0) is 59.5 Å². The van der Waals surface area contributed by atoms with Crippen LogP contribution < -0.4 is 20.1 Å². The van der Waals surface area contributed by atoms with E-state index in [2.05, 4.69) is 25.8 Å². The minimum Gasteiger partial charge on any atom is -0.495 e. The van der Waals surface area contributed by atoms with Crippen LogP contribution in [0.4, 0.5) is 16.2 Å². The summed E-state index contributed by atoms with van der Waals surface area (Å²) in [6.45, 7) is 6.33. The first-order valence-electron chi connectivity index (χ1n) is 9.25. The molecule has 0 aliphatic heterocycles. The van der Waals surface area contributed by atoms with Gasteiger partial charge in [-0.2, -0.15) is 0 Å². The molecule has 0 fully saturated rings. The summed E-state index contributed by atoms with van der Waals surface area (Å²) < 4.78 is 11.3. The number of urea groups is 1. The third-order valence-corrected chi connectivity index (χ3v) is 4.49. The van der Waals surface area contributed by atoms with Gasteiger partial charge >= 0.3 is 6.03 Å². The first-order valence-corrected chi connectivity index (χ1v) is 9.25. The molecule has 0 aliphatic carbocycles. The number of benzene rings is 2. The van der Waals surface area contributed by atoms with E-state index in [0.29, 0.717) is 28.6 Å². The van der Waals surface area contributed by atoms with Crippen molar-refractivity contribution in [2.75, 3.05) is 12.0 Å². The molecule has 0 bridgehead atoms. The second-order valence-corrected chi connectivity index (χ2v) is 7.59. The summed E-state index contributed by atoms with van der Waals surface area (Å²) in [5, 5.41) is 0. The third-order valence-electron chi connectivity index (χ3n) is 4.49. The van der Waals surface area contributed by atoms with E-state index in [4.69, 9.17) is 15.2 Å². The molecule has 6 nitrogen and oxygen atoms in total. The zero-order valence-electron chi connectivity index (χ0n) is 17.0. The number of ether oxygens (including phenoxy) is 2. The molecule has 3 aromatic rings. The van der Waals surface area contributed by atoms with E-state index >= 15 is 0 Å². The Kier molecular flexibility index (Phi) is 5.73. The number of nitrogens with zero attached hydrogens (tertiary/aromatic N) is 2. The molecular formula is C23H25N3O3. The fourth-order valence-corrected chi connectivity index (χ4v) is 2.92. The maximum atomic E-state index is 12.4. The van der Waals surface area contributed by atoms with Crippen LogP contribution in [0.25, 0.3) is 0 Å². The lowest BCUT2D eigenvalue weighted by atomic mass is 9.86. The molecule has 0 saturated carbocycles. The SMILES string of the molecule is COc1ccc(C(C)(C)C)cc1N(C(N)=O)c1ccc(Oc2ccncc2)cc1. The van der Waals surface area contributed by atoms with Crippen LogP contribution in [-0.4, -0.2) is 18.1 Å². The van der Waals surface area contributed by atoms with E-state index in [1.807, 2.05) is 18.2 Å². The normalized spacial score (nSPS) is 11.0. The van der Waals surface area contributed by atoms with Crippen molar-refractivity contribution in [3.63, 3.8) is 0 Å². The Balaban J connectivity index is 1.97. The molecule has 2 aromatic carbocycles. The van der Waals surface area contributed by atoms with Crippen molar-refractivity contribution in [2.24, 2.45) is 5.73 Å². The monoisotopic (exact) mass is 391 g/mol. The number of pyridine rings is 1. The second kappa shape index (κ2) is 8.22. The van der Waals surface area contributed by atoms with Gasteiger partial charge in [0.2, 0.25) is 0 Å². The number of carbonyl (C=O) groups is 1. The number of methoxy groups -OCH3 is 1. The second-order valence-electron chi connectivity index (χ2n) is 7.59. The van der Waals surface area contributed by atoms with Crippen LogP contribution in [0.2, 0.25) is 0 Å². The van der Waals surface area contributed by atoms with Gasteiger partial charge < -0.3 is 15.2 Å². The van der Waals surface area contributed by atoms with Gasteiger partial charge in [-0.1, -0.05) is 26.8 Å². The van der Waals surface area contributed by atoms with Crippen molar-refractivity contribution in [1.82, 2.24) is 4.98 Å². The van der Waals surface area contributed by atoms with Crippen LogP contribution in [0.3, 0.4) is 0 Å². The summed E-state index contributed by atoms with van der Waals surface area (Å²) >= 11 is 0. The Morgan fingerprint density at radius 3 is 2.14 bits per heavy atom. The minimum atomic E-state index is -0.600. The Labute approximate surface area is 170 Å². The van der Waals surface area contributed by atoms with Crippen LogP contribution in [0.15, 0.2) is 67.0 Å². The Morgan fingerprint density at radius 1 is 0.966 bits per heavy atom. The van der Waals surface area contributed by atoms with E-state index in [-0.39, 0.29) is 5.41 Å². The molecule has 0 saturated heterocycles. The van der Waals surface area contributed by atoms with Gasteiger partial charge in [0.1, 0.15) is 17.2 Å². The molecule has 0 atom stereocenters. The van der Waals surface area contributed by atoms with E-state index in [9.17, 15) is 4.79 Å². The topological polar surface area (TPSA) is 77.7 Å². The molecule has 2 N–H and O–H groups in total. The van der Waals surface area contributed by atoms with Crippen LogP contribution in [0.5, 0.6) is 17.2 Å². The van der Waals surface area contributed by atoms with E-state index in [1.54, 1.807) is 55.9 Å². The van der Waals surface area contributed by atoms with E-state index in [1.165, 1.54) is 4.90 Å². The van der Waals surface area contributed by atoms with Gasteiger partial charge in [-0.15, -0.1) is 0 Å². The largest absolute Gasteiger partial charge is 0.495 e. The van der Waals surface area contributed by atoms with Crippen LogP contribution in [0, 0.1) is 0 Å². The first-order chi connectivity index (χ1) is 13.8. The standard InChI is InChI=1S/C23H25N3O3/c1-23(2,3)16-5-10-21(28-4)20(15-16)26(22(24)27)17-6-8-18(9-7-17)29-19-11-13-25-14-12-19/h5-15H,1-4H3,(H2,24,27). The molecule has 2 amide bonds. The molecule has 150 valence electrons. The molecule has 0 unspecified atom stereocenters. The van der Waals surface area contributed by atoms with Gasteiger partial charge in [0, 0.05) is 12.4 Å². The third kappa shape index (κ3) is 4.66. The van der Waals surface area contributed by atoms with Crippen molar-refractivity contribution in [1.29, 1.82) is 0 Å². The number of hydrogen-bond donors (Lipinski definition) is 1. The van der Waals surface area contributed by atoms with Crippen molar-refractivity contribution >= 4 is 17.4 Å². The van der Waals surface area contributed by atoms with Crippen LogP contribution in [-0.2, 0) is 5.41 Å². The number of primary amides is 1. The summed E-state index contributed by atoms with van der Waals surface area (Å²) in [4.78, 5) is 17.8. The number of anilines is 2. The van der Waals surface area contributed by atoms with Gasteiger partial charge in [-0.25, -0.2) is 4.79 Å². The Bertz CT molecular complexity index is 980. The molecular weight excluding hydrogens is 366 g/mol. The highest BCUT2D eigenvalue weighted by atomic mass is 16.5. The molecule has 1 heterocycles. The van der Waals surface area contributed by atoms with Gasteiger partial charge in [0.05, 0.1) is 18.5 Å². The summed E-state index contributed by atoms with van der Waals surface area (Å²) in [7, 11) is 1.57. The predicted molar refractivity (Wildman–Crippen MR) is 114 cm³/mol. The van der Waals surface area contributed by atoms with Crippen molar-refractivity contribution in [3.05, 3.63) is 72.6 Å². The van der Waals surface area contributed by atoms with E-state index in [0.717, 1.165) is 5.56 Å². The number of hydrogen-bond acceptors (Lipinski definition) is 4. The smallest absolute Gasteiger partial charge is 0.324 e. The number of nitrogens with two attached hydrogens (primary N) is 1. The molecule has 6 heteroatoms. The average Bonchev–Trinajstić information content (AvgIpc) is 2.69. The number of aromatic nitrogens is 1. The lowest BCUT2D eigenvalue weighted by Crippen LogP contribution is -2.32. The predicted octanol–water partition coefficient (Wildman–Crippen LogP) is 5.40. The van der Waals surface area contributed by atoms with Crippen molar-refractivity contribution < 1.29 is 14.3 Å². The van der Waals surface area contributed by atoms with Crippen molar-refractivity contribution in [3.8, 4) is 17.2 Å². The minimum absolute atomic E-state index is 0.0907. The van der Waals surface area contributed by atoms with Gasteiger partial charge in [0.25, 0.3) is 0 Å². The van der Waals surface area contributed by atoms with Crippen LogP contribution in [0.1, 0.15) is 26.3 Å². The zero-order valence-corrected chi connectivity index (χ0v) is 17.0.